The van der Waals surface area contributed by atoms with Crippen molar-refractivity contribution >= 4 is 40.0 Å². The van der Waals surface area contributed by atoms with Gasteiger partial charge in [-0.3, -0.25) is 4.90 Å². The third-order valence-corrected chi connectivity index (χ3v) is 3.49. The zero-order valence-electron chi connectivity index (χ0n) is 7.34. The van der Waals surface area contributed by atoms with Gasteiger partial charge in [0.2, 0.25) is 0 Å². The fourth-order valence-corrected chi connectivity index (χ4v) is 2.16. The Hall–Kier alpha value is -0.780. The van der Waals surface area contributed by atoms with Crippen molar-refractivity contribution in [2.75, 3.05) is 11.9 Å². The molecule has 1 aliphatic rings. The van der Waals surface area contributed by atoms with E-state index in [1.54, 1.807) is 11.9 Å². The van der Waals surface area contributed by atoms with Gasteiger partial charge in [0.05, 0.1) is 11.4 Å². The van der Waals surface area contributed by atoms with Crippen molar-refractivity contribution in [2.45, 2.75) is 6.92 Å². The normalized spacial score (nSPS) is 14.4. The third kappa shape index (κ3) is 1.20. The number of hydrogen-bond donors (Lipinski definition) is 0. The van der Waals surface area contributed by atoms with Crippen LogP contribution in [0, 0.1) is 10.5 Å². The standard InChI is InChI=1S/C9H8IN2O/c1-5-3-4-6-8(7(5)10)12(2)9(13)11-6/h3-4H,1-2H3. The molecule has 1 heterocycles. The molecule has 0 saturated heterocycles. The van der Waals surface area contributed by atoms with Crippen LogP contribution in [0.4, 0.5) is 16.2 Å². The second-order valence-electron chi connectivity index (χ2n) is 3.02. The van der Waals surface area contributed by atoms with E-state index in [9.17, 15) is 4.79 Å². The number of halogens is 1. The summed E-state index contributed by atoms with van der Waals surface area (Å²) in [7, 11) is 1.75. The Morgan fingerprint density at radius 3 is 2.85 bits per heavy atom. The van der Waals surface area contributed by atoms with Gasteiger partial charge in [-0.25, -0.2) is 4.79 Å². The van der Waals surface area contributed by atoms with E-state index in [0.717, 1.165) is 14.9 Å². The van der Waals surface area contributed by atoms with E-state index in [2.05, 4.69) is 27.9 Å². The van der Waals surface area contributed by atoms with Crippen molar-refractivity contribution in [3.8, 4) is 0 Å². The molecular weight excluding hydrogens is 279 g/mol. The first-order chi connectivity index (χ1) is 6.11. The van der Waals surface area contributed by atoms with E-state index in [-0.39, 0.29) is 6.03 Å². The summed E-state index contributed by atoms with van der Waals surface area (Å²) < 4.78 is 1.10. The van der Waals surface area contributed by atoms with Crippen LogP contribution in [-0.2, 0) is 0 Å². The maximum absolute atomic E-state index is 11.3. The van der Waals surface area contributed by atoms with Crippen LogP contribution in [0.3, 0.4) is 0 Å². The highest BCUT2D eigenvalue weighted by atomic mass is 127. The molecule has 0 spiro atoms. The summed E-state index contributed by atoms with van der Waals surface area (Å²) in [6.45, 7) is 2.03. The van der Waals surface area contributed by atoms with Gasteiger partial charge in [0.1, 0.15) is 0 Å². The van der Waals surface area contributed by atoms with Crippen LogP contribution in [0.1, 0.15) is 5.56 Å². The number of urea groups is 1. The molecule has 2 rings (SSSR count). The van der Waals surface area contributed by atoms with Gasteiger partial charge in [0, 0.05) is 10.6 Å². The van der Waals surface area contributed by atoms with Crippen LogP contribution in [0.25, 0.3) is 0 Å². The van der Waals surface area contributed by atoms with Crippen LogP contribution in [0.2, 0.25) is 0 Å². The van der Waals surface area contributed by atoms with Gasteiger partial charge in [-0.05, 0) is 41.1 Å². The number of carbonyl (C=O) groups is 1. The number of amides is 2. The smallest absolute Gasteiger partial charge is 0.292 e. The first-order valence-corrected chi connectivity index (χ1v) is 4.97. The molecule has 2 amide bonds. The topological polar surface area (TPSA) is 34.4 Å². The van der Waals surface area contributed by atoms with E-state index < -0.39 is 0 Å². The molecule has 0 fully saturated rings. The summed E-state index contributed by atoms with van der Waals surface area (Å²) in [4.78, 5) is 12.8. The quantitative estimate of drug-likeness (QED) is 0.675. The molecule has 0 unspecified atom stereocenters. The summed E-state index contributed by atoms with van der Waals surface area (Å²) in [6.07, 6.45) is 0. The summed E-state index contributed by atoms with van der Waals surface area (Å²) in [5.41, 5.74) is 2.89. The zero-order valence-corrected chi connectivity index (χ0v) is 9.49. The number of anilines is 1. The van der Waals surface area contributed by atoms with Crippen molar-refractivity contribution in [2.24, 2.45) is 0 Å². The third-order valence-electron chi connectivity index (χ3n) is 2.13. The lowest BCUT2D eigenvalue weighted by Crippen LogP contribution is -2.23. The fourth-order valence-electron chi connectivity index (χ4n) is 1.34. The van der Waals surface area contributed by atoms with Gasteiger partial charge < -0.3 is 0 Å². The van der Waals surface area contributed by atoms with Crippen LogP contribution < -0.4 is 10.2 Å². The van der Waals surface area contributed by atoms with E-state index in [0.29, 0.717) is 0 Å². The van der Waals surface area contributed by atoms with Crippen molar-refractivity contribution in [1.82, 2.24) is 5.32 Å². The van der Waals surface area contributed by atoms with Gasteiger partial charge in [-0.2, -0.15) is 5.32 Å². The molecule has 4 heteroatoms. The van der Waals surface area contributed by atoms with Gasteiger partial charge in [0.15, 0.2) is 0 Å². The molecule has 1 aliphatic heterocycles. The molecule has 0 saturated carbocycles. The minimum absolute atomic E-state index is 0.182. The van der Waals surface area contributed by atoms with Crippen LogP contribution in [-0.4, -0.2) is 13.1 Å². The number of benzene rings is 1. The lowest BCUT2D eigenvalue weighted by molar-refractivity contribution is 0.252. The molecule has 0 N–H and O–H groups in total. The second kappa shape index (κ2) is 2.87. The first kappa shape index (κ1) is 8.80. The van der Waals surface area contributed by atoms with Crippen molar-refractivity contribution < 1.29 is 4.79 Å². The van der Waals surface area contributed by atoms with Gasteiger partial charge >= 0.3 is 6.03 Å². The Labute approximate surface area is 90.3 Å². The summed E-state index contributed by atoms with van der Waals surface area (Å²) in [5, 5.41) is 3.92. The predicted molar refractivity (Wildman–Crippen MR) is 59.5 cm³/mol. The molecule has 13 heavy (non-hydrogen) atoms. The summed E-state index contributed by atoms with van der Waals surface area (Å²) >= 11 is 2.24. The van der Waals surface area contributed by atoms with Crippen LogP contribution in [0.15, 0.2) is 12.1 Å². The van der Waals surface area contributed by atoms with Gasteiger partial charge in [0.25, 0.3) is 0 Å². The Morgan fingerprint density at radius 1 is 1.46 bits per heavy atom. The number of nitrogens with zero attached hydrogens (tertiary/aromatic N) is 2. The minimum Gasteiger partial charge on any atom is -0.292 e. The van der Waals surface area contributed by atoms with Gasteiger partial charge in [-0.1, -0.05) is 6.07 Å². The fraction of sp³-hybridized carbons (Fsp3) is 0.222. The Balaban J connectivity index is 2.66. The highest BCUT2D eigenvalue weighted by molar-refractivity contribution is 14.1. The number of hydrogen-bond acceptors (Lipinski definition) is 1. The second-order valence-corrected chi connectivity index (χ2v) is 4.10. The van der Waals surface area contributed by atoms with E-state index in [1.165, 1.54) is 5.56 Å². The van der Waals surface area contributed by atoms with E-state index >= 15 is 0 Å². The Bertz CT molecular complexity index is 389. The van der Waals surface area contributed by atoms with Crippen molar-refractivity contribution in [3.05, 3.63) is 21.3 Å². The molecule has 0 aliphatic carbocycles. The molecule has 1 aromatic carbocycles. The highest BCUT2D eigenvalue weighted by Crippen LogP contribution is 2.37. The molecule has 3 nitrogen and oxygen atoms in total. The molecule has 1 aromatic rings. The van der Waals surface area contributed by atoms with Crippen LogP contribution in [0.5, 0.6) is 0 Å². The molecule has 0 atom stereocenters. The molecule has 67 valence electrons. The molecule has 0 aromatic heterocycles. The SMILES string of the molecule is Cc1ccc2c(c1I)N(C)C(=O)[N]2. The largest absolute Gasteiger partial charge is 0.348 e. The molecule has 1 radical (unpaired) electrons. The molecular formula is C9H8IN2O. The summed E-state index contributed by atoms with van der Waals surface area (Å²) in [6, 6.07) is 3.68. The number of fused-ring (bicyclic) bond motifs is 1. The summed E-state index contributed by atoms with van der Waals surface area (Å²) in [5.74, 6) is 0. The van der Waals surface area contributed by atoms with E-state index in [1.807, 2.05) is 19.1 Å². The number of carbonyl (C=O) groups excluding carboxylic acids is 1. The highest BCUT2D eigenvalue weighted by Gasteiger charge is 2.27. The minimum atomic E-state index is -0.182. The average molecular weight is 287 g/mol. The van der Waals surface area contributed by atoms with Crippen molar-refractivity contribution in [3.63, 3.8) is 0 Å². The Kier molecular flexibility index (Phi) is 1.94. The number of rotatable bonds is 0. The maximum Gasteiger partial charge on any atom is 0.348 e. The first-order valence-electron chi connectivity index (χ1n) is 3.90. The van der Waals surface area contributed by atoms with E-state index in [4.69, 9.17) is 0 Å². The zero-order chi connectivity index (χ0) is 9.59. The maximum atomic E-state index is 11.3. The van der Waals surface area contributed by atoms with Crippen LogP contribution >= 0.6 is 22.6 Å². The predicted octanol–water partition coefficient (Wildman–Crippen LogP) is 2.41. The lowest BCUT2D eigenvalue weighted by Gasteiger charge is -2.10. The molecule has 0 bridgehead atoms. The average Bonchev–Trinajstić information content (AvgIpc) is 2.37. The monoisotopic (exact) mass is 287 g/mol. The number of aryl methyl sites for hydroxylation is 1. The lowest BCUT2D eigenvalue weighted by atomic mass is 10.2. The van der Waals surface area contributed by atoms with Crippen molar-refractivity contribution in [1.29, 1.82) is 0 Å². The van der Waals surface area contributed by atoms with Gasteiger partial charge in [-0.15, -0.1) is 0 Å². The Morgan fingerprint density at radius 2 is 2.15 bits per heavy atom.